The van der Waals surface area contributed by atoms with E-state index >= 15 is 0 Å². The molecule has 0 aliphatic heterocycles. The molecule has 0 amide bonds. The smallest absolute Gasteiger partial charge is 0.0552 e. The van der Waals surface area contributed by atoms with Gasteiger partial charge in [-0.2, -0.15) is 10.2 Å². The van der Waals surface area contributed by atoms with E-state index < -0.39 is 0 Å². The van der Waals surface area contributed by atoms with Gasteiger partial charge in [0.05, 0.1) is 12.2 Å². The maximum atomic E-state index is 4.01. The summed E-state index contributed by atoms with van der Waals surface area (Å²) < 4.78 is 0. The van der Waals surface area contributed by atoms with E-state index in [2.05, 4.69) is 34.6 Å². The van der Waals surface area contributed by atoms with E-state index in [-0.39, 0.29) is 0 Å². The molecule has 0 saturated carbocycles. The summed E-state index contributed by atoms with van der Waals surface area (Å²) in [5, 5.41) is 11.5. The lowest BCUT2D eigenvalue weighted by molar-refractivity contribution is 0.552. The quantitative estimate of drug-likeness (QED) is 0.826. The highest BCUT2D eigenvalue weighted by atomic mass is 15.1. The van der Waals surface area contributed by atoms with Crippen molar-refractivity contribution < 1.29 is 0 Å². The largest absolute Gasteiger partial charge is 0.307 e. The monoisotopic (exact) mass is 245 g/mol. The molecule has 1 atom stereocenters. The molecule has 0 saturated heterocycles. The molecular weight excluding hydrogens is 222 g/mol. The molecule has 2 rings (SSSR count). The van der Waals surface area contributed by atoms with Gasteiger partial charge in [-0.25, -0.2) is 0 Å². The van der Waals surface area contributed by atoms with Crippen molar-refractivity contribution in [2.24, 2.45) is 0 Å². The molecule has 1 heterocycles. The van der Waals surface area contributed by atoms with Crippen molar-refractivity contribution in [1.29, 1.82) is 0 Å². The minimum Gasteiger partial charge on any atom is -0.307 e. The summed E-state index contributed by atoms with van der Waals surface area (Å²) in [7, 11) is 0. The van der Waals surface area contributed by atoms with Gasteiger partial charge in [-0.3, -0.25) is 0 Å². The zero-order valence-corrected chi connectivity index (χ0v) is 11.2. The summed E-state index contributed by atoms with van der Waals surface area (Å²) in [5.74, 6) is 0. The molecular formula is C15H23N3. The van der Waals surface area contributed by atoms with Crippen LogP contribution < -0.4 is 5.32 Å². The minimum atomic E-state index is 0.323. The first-order valence-electron chi connectivity index (χ1n) is 7.10. The molecule has 0 fully saturated rings. The Kier molecular flexibility index (Phi) is 5.34. The first-order chi connectivity index (χ1) is 8.92. The summed E-state index contributed by atoms with van der Waals surface area (Å²) in [6.07, 6.45) is 13.9. The van der Waals surface area contributed by atoms with Gasteiger partial charge in [0, 0.05) is 6.20 Å². The third-order valence-corrected chi connectivity index (χ3v) is 3.55. The second-order valence-corrected chi connectivity index (χ2v) is 4.90. The van der Waals surface area contributed by atoms with Gasteiger partial charge < -0.3 is 5.32 Å². The lowest BCUT2D eigenvalue weighted by Crippen LogP contribution is -2.23. The van der Waals surface area contributed by atoms with E-state index in [1.54, 1.807) is 6.20 Å². The maximum absolute atomic E-state index is 4.01. The Hall–Kier alpha value is -1.22. The second-order valence-electron chi connectivity index (χ2n) is 4.90. The van der Waals surface area contributed by atoms with Crippen LogP contribution in [0.1, 0.15) is 57.1 Å². The summed E-state index contributed by atoms with van der Waals surface area (Å²) in [6, 6.07) is 2.39. The Bertz CT molecular complexity index is 373. The Morgan fingerprint density at radius 3 is 2.89 bits per heavy atom. The summed E-state index contributed by atoms with van der Waals surface area (Å²) in [4.78, 5) is 0. The molecule has 1 unspecified atom stereocenters. The Balaban J connectivity index is 2.17. The molecule has 0 bridgehead atoms. The van der Waals surface area contributed by atoms with Crippen molar-refractivity contribution in [3.63, 3.8) is 0 Å². The lowest BCUT2D eigenvalue weighted by atomic mass is 9.92. The Morgan fingerprint density at radius 1 is 1.22 bits per heavy atom. The van der Waals surface area contributed by atoms with Crippen LogP contribution in [0.2, 0.25) is 0 Å². The maximum Gasteiger partial charge on any atom is 0.0552 e. The minimum absolute atomic E-state index is 0.323. The number of rotatable bonds is 4. The number of likely N-dealkylation sites (N-methyl/N-ethyl adjacent to an activating group) is 1. The van der Waals surface area contributed by atoms with Crippen molar-refractivity contribution in [3.8, 4) is 0 Å². The number of aromatic nitrogens is 2. The van der Waals surface area contributed by atoms with Crippen LogP contribution in [0.15, 0.2) is 30.1 Å². The van der Waals surface area contributed by atoms with Gasteiger partial charge in [0.25, 0.3) is 0 Å². The topological polar surface area (TPSA) is 37.8 Å². The van der Waals surface area contributed by atoms with Crippen molar-refractivity contribution in [1.82, 2.24) is 15.5 Å². The lowest BCUT2D eigenvalue weighted by Gasteiger charge is -2.23. The highest BCUT2D eigenvalue weighted by Gasteiger charge is 2.16. The van der Waals surface area contributed by atoms with E-state index in [1.165, 1.54) is 49.7 Å². The van der Waals surface area contributed by atoms with Crippen LogP contribution in [0.4, 0.5) is 0 Å². The van der Waals surface area contributed by atoms with E-state index in [4.69, 9.17) is 0 Å². The van der Waals surface area contributed by atoms with Crippen molar-refractivity contribution >= 4 is 0 Å². The van der Waals surface area contributed by atoms with Crippen LogP contribution >= 0.6 is 0 Å². The zero-order chi connectivity index (χ0) is 12.6. The molecule has 1 N–H and O–H groups in total. The normalized spacial score (nSPS) is 21.5. The molecule has 1 aliphatic rings. The molecule has 18 heavy (non-hydrogen) atoms. The molecule has 1 aromatic heterocycles. The Labute approximate surface area is 110 Å². The van der Waals surface area contributed by atoms with Gasteiger partial charge in [-0.1, -0.05) is 31.4 Å². The zero-order valence-electron chi connectivity index (χ0n) is 11.2. The van der Waals surface area contributed by atoms with Crippen molar-refractivity contribution in [3.05, 3.63) is 35.7 Å². The average Bonchev–Trinajstić information content (AvgIpc) is 2.38. The van der Waals surface area contributed by atoms with Gasteiger partial charge in [0.15, 0.2) is 0 Å². The molecule has 0 aromatic carbocycles. The third kappa shape index (κ3) is 3.64. The van der Waals surface area contributed by atoms with Crippen molar-refractivity contribution in [2.75, 3.05) is 6.54 Å². The first-order valence-corrected chi connectivity index (χ1v) is 7.10. The number of nitrogens with zero attached hydrogens (tertiary/aromatic N) is 2. The van der Waals surface area contributed by atoms with Crippen LogP contribution in [-0.2, 0) is 0 Å². The predicted molar refractivity (Wildman–Crippen MR) is 74.2 cm³/mol. The highest BCUT2D eigenvalue weighted by Crippen LogP contribution is 2.28. The standard InChI is InChI=1S/C15H23N3/c1-2-16-15(14-10-11-17-18-12-14)13-8-6-4-3-5-7-9-13/h8,10-12,15-16H,2-7,9H2,1H3/b13-8+. The van der Waals surface area contributed by atoms with E-state index in [0.29, 0.717) is 6.04 Å². The molecule has 3 nitrogen and oxygen atoms in total. The SMILES string of the molecule is CCNC(/C1=C/CCCCCC1)c1ccnnc1. The number of allylic oxidation sites excluding steroid dienone is 1. The van der Waals surface area contributed by atoms with Crippen LogP contribution in [0.5, 0.6) is 0 Å². The van der Waals surface area contributed by atoms with E-state index in [1.807, 2.05) is 6.20 Å². The molecule has 1 aromatic rings. The van der Waals surface area contributed by atoms with Gasteiger partial charge in [0.1, 0.15) is 0 Å². The number of hydrogen-bond donors (Lipinski definition) is 1. The Morgan fingerprint density at radius 2 is 2.11 bits per heavy atom. The third-order valence-electron chi connectivity index (χ3n) is 3.55. The van der Waals surface area contributed by atoms with Gasteiger partial charge >= 0.3 is 0 Å². The summed E-state index contributed by atoms with van der Waals surface area (Å²) >= 11 is 0. The van der Waals surface area contributed by atoms with E-state index in [0.717, 1.165) is 6.54 Å². The number of nitrogens with one attached hydrogen (secondary N) is 1. The highest BCUT2D eigenvalue weighted by molar-refractivity contribution is 5.25. The summed E-state index contributed by atoms with van der Waals surface area (Å²) in [5.41, 5.74) is 2.77. The van der Waals surface area contributed by atoms with Crippen LogP contribution in [0.25, 0.3) is 0 Å². The van der Waals surface area contributed by atoms with Crippen LogP contribution in [0, 0.1) is 0 Å². The fourth-order valence-electron chi connectivity index (χ4n) is 2.62. The molecule has 0 spiro atoms. The van der Waals surface area contributed by atoms with Crippen LogP contribution in [0.3, 0.4) is 0 Å². The van der Waals surface area contributed by atoms with Crippen LogP contribution in [-0.4, -0.2) is 16.7 Å². The summed E-state index contributed by atoms with van der Waals surface area (Å²) in [6.45, 7) is 3.13. The van der Waals surface area contributed by atoms with Gasteiger partial charge in [0.2, 0.25) is 0 Å². The number of hydrogen-bond acceptors (Lipinski definition) is 3. The molecule has 98 valence electrons. The molecule has 1 aliphatic carbocycles. The van der Waals surface area contributed by atoms with Gasteiger partial charge in [-0.15, -0.1) is 0 Å². The van der Waals surface area contributed by atoms with Gasteiger partial charge in [-0.05, 0) is 43.9 Å². The van der Waals surface area contributed by atoms with E-state index in [9.17, 15) is 0 Å². The fourth-order valence-corrected chi connectivity index (χ4v) is 2.62. The second kappa shape index (κ2) is 7.27. The predicted octanol–water partition coefficient (Wildman–Crippen LogP) is 3.41. The average molecular weight is 245 g/mol. The fraction of sp³-hybridized carbons (Fsp3) is 0.600. The first kappa shape index (κ1) is 13.2. The van der Waals surface area contributed by atoms with Crippen molar-refractivity contribution in [2.45, 2.75) is 51.5 Å². The molecule has 0 radical (unpaired) electrons. The molecule has 3 heteroatoms.